The fourth-order valence-corrected chi connectivity index (χ4v) is 5.83. The van der Waals surface area contributed by atoms with Crippen LogP contribution < -0.4 is 10.2 Å². The van der Waals surface area contributed by atoms with Gasteiger partial charge in [-0.15, -0.1) is 0 Å². The van der Waals surface area contributed by atoms with E-state index < -0.39 is 6.04 Å². The molecule has 2 aromatic carbocycles. The Morgan fingerprint density at radius 1 is 1.02 bits per heavy atom. The molecule has 0 fully saturated rings. The molecule has 40 heavy (non-hydrogen) atoms. The number of thioether (sulfide) groups is 1. The lowest BCUT2D eigenvalue weighted by atomic mass is 9.86. The molecule has 2 amide bonds. The molecule has 2 unspecified atom stereocenters. The number of nitrogens with one attached hydrogen (secondary N) is 1. The van der Waals surface area contributed by atoms with Crippen molar-refractivity contribution in [3.63, 3.8) is 0 Å². The van der Waals surface area contributed by atoms with Crippen LogP contribution in [0.4, 0.5) is 11.4 Å². The normalized spacial score (nSPS) is 15.4. The molecule has 7 nitrogen and oxygen atoms in total. The van der Waals surface area contributed by atoms with E-state index in [0.29, 0.717) is 22.4 Å². The van der Waals surface area contributed by atoms with E-state index in [0.717, 1.165) is 41.9 Å². The molecular weight excluding hydrogens is 542 g/mol. The van der Waals surface area contributed by atoms with E-state index >= 15 is 0 Å². The first kappa shape index (κ1) is 29.6. The van der Waals surface area contributed by atoms with E-state index in [-0.39, 0.29) is 23.5 Å². The molecule has 3 aromatic rings. The van der Waals surface area contributed by atoms with Gasteiger partial charge >= 0.3 is 0 Å². The van der Waals surface area contributed by atoms with Crippen molar-refractivity contribution in [1.82, 2.24) is 14.9 Å². The second-order valence-electron chi connectivity index (χ2n) is 10.3. The SMILES string of the molecule is Cc1cc(C)nc(SCC(=O)N(Cc2ccc(Cl)cc2)C(C(=O)Nc2ccc(N(C)C)cc2)C2CC=CCC2)n1. The smallest absolute Gasteiger partial charge is 0.247 e. The molecule has 1 heterocycles. The molecule has 0 spiro atoms. The van der Waals surface area contributed by atoms with Crippen molar-refractivity contribution in [2.45, 2.75) is 50.9 Å². The highest BCUT2D eigenvalue weighted by Crippen LogP contribution is 2.29. The molecule has 0 saturated carbocycles. The van der Waals surface area contributed by atoms with Crippen LogP contribution in [0.2, 0.25) is 5.02 Å². The second-order valence-corrected chi connectivity index (χ2v) is 11.7. The average molecular weight is 578 g/mol. The quantitative estimate of drug-likeness (QED) is 0.173. The number of benzene rings is 2. The highest BCUT2D eigenvalue weighted by Gasteiger charge is 2.36. The van der Waals surface area contributed by atoms with Gasteiger partial charge in [-0.3, -0.25) is 9.59 Å². The zero-order chi connectivity index (χ0) is 28.6. The van der Waals surface area contributed by atoms with Crippen molar-refractivity contribution in [3.8, 4) is 0 Å². The Labute approximate surface area is 246 Å². The van der Waals surface area contributed by atoms with Gasteiger partial charge in [0.25, 0.3) is 0 Å². The van der Waals surface area contributed by atoms with E-state index in [1.54, 1.807) is 4.90 Å². The molecule has 0 bridgehead atoms. The van der Waals surface area contributed by atoms with E-state index in [1.165, 1.54) is 11.8 Å². The number of hydrogen-bond acceptors (Lipinski definition) is 6. The zero-order valence-electron chi connectivity index (χ0n) is 23.4. The summed E-state index contributed by atoms with van der Waals surface area (Å²) in [5.41, 5.74) is 4.35. The van der Waals surface area contributed by atoms with Gasteiger partial charge in [0.1, 0.15) is 6.04 Å². The van der Waals surface area contributed by atoms with E-state index in [9.17, 15) is 9.59 Å². The van der Waals surface area contributed by atoms with Crippen LogP contribution in [0.15, 0.2) is 71.9 Å². The summed E-state index contributed by atoms with van der Waals surface area (Å²) >= 11 is 7.43. The summed E-state index contributed by atoms with van der Waals surface area (Å²) in [7, 11) is 3.95. The van der Waals surface area contributed by atoms with Crippen molar-refractivity contribution in [2.24, 2.45) is 5.92 Å². The van der Waals surface area contributed by atoms with E-state index in [1.807, 2.05) is 87.4 Å². The van der Waals surface area contributed by atoms with Crippen LogP contribution in [0.25, 0.3) is 0 Å². The zero-order valence-corrected chi connectivity index (χ0v) is 25.0. The monoisotopic (exact) mass is 577 g/mol. The van der Waals surface area contributed by atoms with Crippen LogP contribution in [0.5, 0.6) is 0 Å². The predicted octanol–water partition coefficient (Wildman–Crippen LogP) is 6.30. The van der Waals surface area contributed by atoms with Crippen LogP contribution in [-0.2, 0) is 16.1 Å². The molecule has 210 valence electrons. The molecular formula is C31H36ClN5O2S. The summed E-state index contributed by atoms with van der Waals surface area (Å²) in [6.45, 7) is 4.12. The highest BCUT2D eigenvalue weighted by atomic mass is 35.5. The maximum atomic E-state index is 14.0. The first-order valence-corrected chi connectivity index (χ1v) is 14.8. The van der Waals surface area contributed by atoms with Gasteiger partial charge in [0.05, 0.1) is 5.75 Å². The van der Waals surface area contributed by atoms with Gasteiger partial charge in [0.2, 0.25) is 11.8 Å². The highest BCUT2D eigenvalue weighted by molar-refractivity contribution is 7.99. The molecule has 4 rings (SSSR count). The molecule has 1 aliphatic carbocycles. The summed E-state index contributed by atoms with van der Waals surface area (Å²) in [4.78, 5) is 40.6. The van der Waals surface area contributed by atoms with Crippen LogP contribution in [0.3, 0.4) is 0 Å². The number of rotatable bonds is 10. The number of allylic oxidation sites excluding steroid dienone is 2. The van der Waals surface area contributed by atoms with Crippen LogP contribution >= 0.6 is 23.4 Å². The van der Waals surface area contributed by atoms with Crippen LogP contribution in [-0.4, -0.2) is 52.6 Å². The Morgan fingerprint density at radius 2 is 1.70 bits per heavy atom. The van der Waals surface area contributed by atoms with Gasteiger partial charge in [0, 0.05) is 48.4 Å². The lowest BCUT2D eigenvalue weighted by molar-refractivity contribution is -0.139. The molecule has 0 radical (unpaired) electrons. The van der Waals surface area contributed by atoms with Gasteiger partial charge in [-0.1, -0.05) is 47.6 Å². The molecule has 1 aliphatic rings. The first-order chi connectivity index (χ1) is 19.2. The summed E-state index contributed by atoms with van der Waals surface area (Å²) in [5, 5.41) is 4.27. The number of anilines is 2. The van der Waals surface area contributed by atoms with Crippen molar-refractivity contribution in [2.75, 3.05) is 30.1 Å². The molecule has 0 aliphatic heterocycles. The van der Waals surface area contributed by atoms with Gasteiger partial charge in [-0.2, -0.15) is 0 Å². The molecule has 1 aromatic heterocycles. The van der Waals surface area contributed by atoms with Crippen molar-refractivity contribution in [1.29, 1.82) is 0 Å². The summed E-state index contributed by atoms with van der Waals surface area (Å²) in [6, 6.07) is 16.4. The number of aryl methyl sites for hydroxylation is 2. The third-order valence-electron chi connectivity index (χ3n) is 6.88. The number of hydrogen-bond donors (Lipinski definition) is 1. The fraction of sp³-hybridized carbons (Fsp3) is 0.355. The number of carbonyl (C=O) groups is 2. The first-order valence-electron chi connectivity index (χ1n) is 13.4. The number of amides is 2. The summed E-state index contributed by atoms with van der Waals surface area (Å²) in [5.74, 6) is -0.210. The van der Waals surface area contributed by atoms with Gasteiger partial charge in [-0.25, -0.2) is 9.97 Å². The third-order valence-corrected chi connectivity index (χ3v) is 7.97. The number of aromatic nitrogens is 2. The molecule has 9 heteroatoms. The number of carbonyl (C=O) groups excluding carboxylic acids is 2. The van der Waals surface area contributed by atoms with Crippen molar-refractivity contribution >= 4 is 46.6 Å². The largest absolute Gasteiger partial charge is 0.378 e. The topological polar surface area (TPSA) is 78.4 Å². The average Bonchev–Trinajstić information content (AvgIpc) is 2.93. The standard InChI is InChI=1S/C31H36ClN5O2S/c1-21-18-22(2)34-31(33-21)40-20-28(38)37(19-23-10-12-25(32)13-11-23)29(24-8-6-5-7-9-24)30(39)35-26-14-16-27(17-15-26)36(3)4/h5-6,10-18,24,29H,7-9,19-20H2,1-4H3,(H,35,39). The lowest BCUT2D eigenvalue weighted by Gasteiger charge is -2.37. The predicted molar refractivity (Wildman–Crippen MR) is 164 cm³/mol. The molecule has 1 N–H and O–H groups in total. The lowest BCUT2D eigenvalue weighted by Crippen LogP contribution is -2.51. The molecule has 2 atom stereocenters. The minimum Gasteiger partial charge on any atom is -0.378 e. The minimum atomic E-state index is -0.651. The maximum Gasteiger partial charge on any atom is 0.247 e. The van der Waals surface area contributed by atoms with Crippen LogP contribution in [0, 0.1) is 19.8 Å². The third kappa shape index (κ3) is 8.08. The molecule has 0 saturated heterocycles. The Hall–Kier alpha value is -3.36. The van der Waals surface area contributed by atoms with Crippen molar-refractivity contribution < 1.29 is 9.59 Å². The van der Waals surface area contributed by atoms with Gasteiger partial charge in [0.15, 0.2) is 5.16 Å². The number of halogens is 1. The maximum absolute atomic E-state index is 14.0. The van der Waals surface area contributed by atoms with Gasteiger partial charge < -0.3 is 15.1 Å². The number of nitrogens with zero attached hydrogens (tertiary/aromatic N) is 4. The van der Waals surface area contributed by atoms with Crippen LogP contribution in [0.1, 0.15) is 36.2 Å². The Kier molecular flexibility index (Phi) is 10.2. The fourth-order valence-electron chi connectivity index (χ4n) is 4.87. The second kappa shape index (κ2) is 13.8. The van der Waals surface area contributed by atoms with E-state index in [2.05, 4.69) is 27.4 Å². The van der Waals surface area contributed by atoms with Gasteiger partial charge in [-0.05, 0) is 87.1 Å². The Balaban J connectivity index is 1.63. The summed E-state index contributed by atoms with van der Waals surface area (Å²) < 4.78 is 0. The van der Waals surface area contributed by atoms with E-state index in [4.69, 9.17) is 11.6 Å². The Morgan fingerprint density at radius 3 is 2.30 bits per heavy atom. The summed E-state index contributed by atoms with van der Waals surface area (Å²) in [6.07, 6.45) is 6.69. The Bertz CT molecular complexity index is 1320. The minimum absolute atomic E-state index is 0.00948. The van der Waals surface area contributed by atoms with Crippen molar-refractivity contribution in [3.05, 3.63) is 88.7 Å².